The molecule has 0 aliphatic heterocycles. The van der Waals surface area contributed by atoms with Gasteiger partial charge in [-0.1, -0.05) is 12.1 Å². The van der Waals surface area contributed by atoms with Crippen molar-refractivity contribution in [2.75, 3.05) is 17.7 Å². The molecule has 9 heteroatoms. The second-order valence-electron chi connectivity index (χ2n) is 6.46. The van der Waals surface area contributed by atoms with Gasteiger partial charge in [0.05, 0.1) is 12.8 Å². The highest BCUT2D eigenvalue weighted by molar-refractivity contribution is 6.00. The van der Waals surface area contributed by atoms with Crippen LogP contribution in [0.5, 0.6) is 17.4 Å². The first-order chi connectivity index (χ1) is 15.1. The lowest BCUT2D eigenvalue weighted by atomic mass is 10.3. The average molecular weight is 416 g/mol. The molecule has 0 fully saturated rings. The van der Waals surface area contributed by atoms with Gasteiger partial charge < -0.3 is 20.1 Å². The highest BCUT2D eigenvalue weighted by Gasteiger charge is 2.08. The number of benzene rings is 2. The summed E-state index contributed by atoms with van der Waals surface area (Å²) in [5.41, 5.74) is 1.19. The molecule has 0 bridgehead atoms. The Hall–Kier alpha value is -4.40. The van der Waals surface area contributed by atoms with Crippen molar-refractivity contribution in [2.24, 2.45) is 0 Å². The first-order valence-corrected chi connectivity index (χ1v) is 9.43. The van der Waals surface area contributed by atoms with Crippen LogP contribution in [0, 0.1) is 6.92 Å². The third kappa shape index (κ3) is 4.78. The fraction of sp³-hybridized carbons (Fsp3) is 0.0909. The van der Waals surface area contributed by atoms with Crippen LogP contribution in [0.1, 0.15) is 5.82 Å². The van der Waals surface area contributed by atoms with E-state index in [1.807, 2.05) is 29.8 Å². The molecule has 0 aliphatic rings. The summed E-state index contributed by atoms with van der Waals surface area (Å²) in [4.78, 5) is 24.9. The number of hydrogen-bond donors (Lipinski definition) is 2. The molecule has 0 atom stereocenters. The SMILES string of the molecule is COc1ccccc1NC(=O)Nc1ccc(Oc2cc(-n3ccnc3C)ncn2)cc1. The maximum Gasteiger partial charge on any atom is 0.323 e. The van der Waals surface area contributed by atoms with Crippen LogP contribution >= 0.6 is 0 Å². The van der Waals surface area contributed by atoms with Gasteiger partial charge in [-0.3, -0.25) is 4.57 Å². The first kappa shape index (κ1) is 19.9. The third-order valence-corrected chi connectivity index (χ3v) is 4.39. The van der Waals surface area contributed by atoms with Crippen molar-refractivity contribution in [3.8, 4) is 23.2 Å². The van der Waals surface area contributed by atoms with E-state index in [2.05, 4.69) is 25.6 Å². The topological polar surface area (TPSA) is 103 Å². The van der Waals surface area contributed by atoms with Crippen molar-refractivity contribution in [3.63, 3.8) is 0 Å². The number of ether oxygens (including phenoxy) is 2. The van der Waals surface area contributed by atoms with Crippen molar-refractivity contribution in [1.29, 1.82) is 0 Å². The van der Waals surface area contributed by atoms with Gasteiger partial charge in [0.2, 0.25) is 5.88 Å². The summed E-state index contributed by atoms with van der Waals surface area (Å²) in [5, 5.41) is 5.53. The summed E-state index contributed by atoms with van der Waals surface area (Å²) in [7, 11) is 1.55. The smallest absolute Gasteiger partial charge is 0.323 e. The molecule has 0 saturated carbocycles. The Morgan fingerprint density at radius 2 is 1.81 bits per heavy atom. The molecule has 2 aromatic heterocycles. The van der Waals surface area contributed by atoms with Crippen LogP contribution in [0.2, 0.25) is 0 Å². The van der Waals surface area contributed by atoms with Gasteiger partial charge in [0.15, 0.2) is 0 Å². The summed E-state index contributed by atoms with van der Waals surface area (Å²) in [5.74, 6) is 3.02. The number of rotatable bonds is 6. The van der Waals surface area contributed by atoms with E-state index >= 15 is 0 Å². The zero-order valence-corrected chi connectivity index (χ0v) is 16.9. The highest BCUT2D eigenvalue weighted by atomic mass is 16.5. The normalized spacial score (nSPS) is 10.4. The Balaban J connectivity index is 1.40. The van der Waals surface area contributed by atoms with Gasteiger partial charge in [0.1, 0.15) is 29.5 Å². The average Bonchev–Trinajstić information content (AvgIpc) is 3.21. The molecule has 0 spiro atoms. The van der Waals surface area contributed by atoms with Crippen molar-refractivity contribution in [2.45, 2.75) is 6.92 Å². The van der Waals surface area contributed by atoms with Gasteiger partial charge in [-0.25, -0.2) is 19.7 Å². The number of nitrogens with zero attached hydrogens (tertiary/aromatic N) is 4. The molecule has 2 heterocycles. The second-order valence-corrected chi connectivity index (χ2v) is 6.46. The fourth-order valence-corrected chi connectivity index (χ4v) is 2.90. The number of urea groups is 1. The number of methoxy groups -OCH3 is 1. The van der Waals surface area contributed by atoms with Crippen LogP contribution in [0.3, 0.4) is 0 Å². The molecule has 31 heavy (non-hydrogen) atoms. The lowest BCUT2D eigenvalue weighted by Crippen LogP contribution is -2.19. The van der Waals surface area contributed by atoms with Crippen LogP contribution < -0.4 is 20.1 Å². The number of anilines is 2. The molecular weight excluding hydrogens is 396 g/mol. The number of nitrogens with one attached hydrogen (secondary N) is 2. The Kier molecular flexibility index (Phi) is 5.75. The summed E-state index contributed by atoms with van der Waals surface area (Å²) in [6.45, 7) is 1.89. The van der Waals surface area contributed by atoms with E-state index in [9.17, 15) is 4.79 Å². The number of aromatic nitrogens is 4. The maximum absolute atomic E-state index is 12.3. The van der Waals surface area contributed by atoms with Crippen molar-refractivity contribution in [1.82, 2.24) is 19.5 Å². The predicted octanol–water partition coefficient (Wildman–Crippen LogP) is 4.42. The Morgan fingerprint density at radius 1 is 1.00 bits per heavy atom. The predicted molar refractivity (Wildman–Crippen MR) is 116 cm³/mol. The van der Waals surface area contributed by atoms with E-state index in [0.29, 0.717) is 34.6 Å². The van der Waals surface area contributed by atoms with E-state index < -0.39 is 0 Å². The molecule has 0 unspecified atom stereocenters. The molecule has 0 aliphatic carbocycles. The fourth-order valence-electron chi connectivity index (χ4n) is 2.90. The molecule has 2 N–H and O–H groups in total. The number of carbonyl (C=O) groups excluding carboxylic acids is 1. The molecular formula is C22H20N6O3. The molecule has 4 aromatic rings. The molecule has 0 saturated heterocycles. The highest BCUT2D eigenvalue weighted by Crippen LogP contribution is 2.25. The Labute approximate surface area is 178 Å². The second kappa shape index (κ2) is 8.95. The number of aryl methyl sites for hydroxylation is 1. The summed E-state index contributed by atoms with van der Waals surface area (Å²) in [6, 6.07) is 15.5. The lowest BCUT2D eigenvalue weighted by Gasteiger charge is -2.11. The lowest BCUT2D eigenvalue weighted by molar-refractivity contribution is 0.262. The Bertz CT molecular complexity index is 1190. The Morgan fingerprint density at radius 3 is 2.55 bits per heavy atom. The number of carbonyl (C=O) groups is 1. The van der Waals surface area contributed by atoms with E-state index in [0.717, 1.165) is 5.82 Å². The minimum atomic E-state index is -0.380. The maximum atomic E-state index is 12.3. The number of amides is 2. The van der Waals surface area contributed by atoms with Crippen molar-refractivity contribution >= 4 is 17.4 Å². The molecule has 9 nitrogen and oxygen atoms in total. The van der Waals surface area contributed by atoms with Crippen LogP contribution in [-0.4, -0.2) is 32.7 Å². The van der Waals surface area contributed by atoms with Crippen LogP contribution in [0.4, 0.5) is 16.2 Å². The van der Waals surface area contributed by atoms with Crippen molar-refractivity contribution in [3.05, 3.63) is 79.1 Å². The van der Waals surface area contributed by atoms with E-state index in [4.69, 9.17) is 9.47 Å². The zero-order valence-electron chi connectivity index (χ0n) is 16.9. The van der Waals surface area contributed by atoms with E-state index in [1.54, 1.807) is 55.8 Å². The van der Waals surface area contributed by atoms with Gasteiger partial charge in [0.25, 0.3) is 0 Å². The summed E-state index contributed by atoms with van der Waals surface area (Å²) in [6.07, 6.45) is 4.95. The quantitative estimate of drug-likeness (QED) is 0.482. The minimum absolute atomic E-state index is 0.380. The van der Waals surface area contributed by atoms with Gasteiger partial charge >= 0.3 is 6.03 Å². The molecule has 4 rings (SSSR count). The first-order valence-electron chi connectivity index (χ1n) is 9.43. The minimum Gasteiger partial charge on any atom is -0.495 e. The number of para-hydroxylation sites is 2. The van der Waals surface area contributed by atoms with Gasteiger partial charge in [-0.05, 0) is 43.3 Å². The monoisotopic (exact) mass is 416 g/mol. The number of hydrogen-bond acceptors (Lipinski definition) is 6. The molecule has 0 radical (unpaired) electrons. The van der Waals surface area contributed by atoms with Crippen LogP contribution in [-0.2, 0) is 0 Å². The van der Waals surface area contributed by atoms with Crippen molar-refractivity contribution < 1.29 is 14.3 Å². The van der Waals surface area contributed by atoms with E-state index in [-0.39, 0.29) is 6.03 Å². The molecule has 2 amide bonds. The van der Waals surface area contributed by atoms with Crippen LogP contribution in [0.25, 0.3) is 5.82 Å². The van der Waals surface area contributed by atoms with Gasteiger partial charge in [0, 0.05) is 24.1 Å². The summed E-state index contributed by atoms with van der Waals surface area (Å²) >= 11 is 0. The zero-order chi connectivity index (χ0) is 21.6. The van der Waals surface area contributed by atoms with Crippen LogP contribution in [0.15, 0.2) is 73.3 Å². The largest absolute Gasteiger partial charge is 0.495 e. The van der Waals surface area contributed by atoms with Gasteiger partial charge in [-0.2, -0.15) is 0 Å². The van der Waals surface area contributed by atoms with E-state index in [1.165, 1.54) is 6.33 Å². The number of imidazole rings is 1. The summed E-state index contributed by atoms with van der Waals surface area (Å²) < 4.78 is 12.9. The van der Waals surface area contributed by atoms with Gasteiger partial charge in [-0.15, -0.1) is 0 Å². The standard InChI is InChI=1S/C22H20N6O3/c1-15-23-11-12-28(15)20-13-21(25-14-24-20)31-17-9-7-16(8-10-17)26-22(29)27-18-5-3-4-6-19(18)30-2/h3-14H,1-2H3,(H2,26,27,29). The molecule has 2 aromatic carbocycles. The molecule has 156 valence electrons. The third-order valence-electron chi connectivity index (χ3n) is 4.39.